The van der Waals surface area contributed by atoms with Gasteiger partial charge in [0.2, 0.25) is 0 Å². The molecule has 2 aromatic heterocycles. The molecule has 4 heteroatoms. The summed E-state index contributed by atoms with van der Waals surface area (Å²) in [5.41, 5.74) is 0.956. The zero-order chi connectivity index (χ0) is 11.8. The van der Waals surface area contributed by atoms with Gasteiger partial charge < -0.3 is 0 Å². The van der Waals surface area contributed by atoms with Crippen molar-refractivity contribution in [3.05, 3.63) is 34.0 Å². The van der Waals surface area contributed by atoms with Gasteiger partial charge in [-0.25, -0.2) is 9.97 Å². The lowest BCUT2D eigenvalue weighted by molar-refractivity contribution is 0.544. The summed E-state index contributed by atoms with van der Waals surface area (Å²) in [4.78, 5) is 10.2. The number of nitrogens with zero attached hydrogens (tertiary/aromatic N) is 2. The van der Waals surface area contributed by atoms with Crippen molar-refractivity contribution in [2.24, 2.45) is 0 Å². The third-order valence-corrected chi connectivity index (χ3v) is 3.44. The van der Waals surface area contributed by atoms with E-state index in [1.807, 2.05) is 12.1 Å². The Labute approximate surface area is 108 Å². The minimum absolute atomic E-state index is 0.0320. The molecule has 0 unspecified atom stereocenters. The number of thiophene rings is 1. The van der Waals surface area contributed by atoms with Crippen LogP contribution in [0.4, 0.5) is 0 Å². The molecular formula is C12H13BrN2S. The molecule has 0 N–H and O–H groups in total. The Balaban J connectivity index is 2.53. The summed E-state index contributed by atoms with van der Waals surface area (Å²) in [5, 5.41) is 2.06. The molecule has 84 valence electrons. The van der Waals surface area contributed by atoms with Crippen LogP contribution >= 0.6 is 27.3 Å². The standard InChI is InChI=1S/C12H13BrN2S/c1-12(2,3)11-14-8(7-10(13)15-11)9-5-4-6-16-9/h4-7H,1-3H3. The number of hydrogen-bond donors (Lipinski definition) is 0. The van der Waals surface area contributed by atoms with Crippen LogP contribution in [0.15, 0.2) is 28.2 Å². The number of aromatic nitrogens is 2. The monoisotopic (exact) mass is 296 g/mol. The summed E-state index contributed by atoms with van der Waals surface area (Å²) in [6.45, 7) is 6.35. The van der Waals surface area contributed by atoms with Gasteiger partial charge in [0.15, 0.2) is 0 Å². The Bertz CT molecular complexity index is 486. The molecular weight excluding hydrogens is 284 g/mol. The first kappa shape index (κ1) is 11.7. The van der Waals surface area contributed by atoms with Crippen LogP contribution in [0.3, 0.4) is 0 Å². The molecule has 0 radical (unpaired) electrons. The van der Waals surface area contributed by atoms with Crippen LogP contribution in [0.2, 0.25) is 0 Å². The van der Waals surface area contributed by atoms with Crippen LogP contribution < -0.4 is 0 Å². The maximum absolute atomic E-state index is 4.62. The fraction of sp³-hybridized carbons (Fsp3) is 0.333. The molecule has 0 aliphatic carbocycles. The molecule has 0 amide bonds. The van der Waals surface area contributed by atoms with Crippen LogP contribution in [0.5, 0.6) is 0 Å². The Kier molecular flexibility index (Phi) is 3.13. The van der Waals surface area contributed by atoms with Crippen LogP contribution in [0, 0.1) is 0 Å². The van der Waals surface area contributed by atoms with Crippen molar-refractivity contribution >= 4 is 27.3 Å². The van der Waals surface area contributed by atoms with E-state index in [9.17, 15) is 0 Å². The number of halogens is 1. The molecule has 0 spiro atoms. The van der Waals surface area contributed by atoms with E-state index in [1.165, 1.54) is 4.88 Å². The molecule has 0 aliphatic rings. The molecule has 2 rings (SSSR count). The highest BCUT2D eigenvalue weighted by Gasteiger charge is 2.19. The van der Waals surface area contributed by atoms with Gasteiger partial charge in [-0.05, 0) is 33.4 Å². The Morgan fingerprint density at radius 3 is 2.56 bits per heavy atom. The molecule has 0 fully saturated rings. The highest BCUT2D eigenvalue weighted by molar-refractivity contribution is 9.10. The van der Waals surface area contributed by atoms with Crippen LogP contribution in [0.1, 0.15) is 26.6 Å². The predicted octanol–water partition coefficient (Wildman–Crippen LogP) is 4.27. The fourth-order valence-electron chi connectivity index (χ4n) is 1.30. The second kappa shape index (κ2) is 4.26. The van der Waals surface area contributed by atoms with Crippen LogP contribution in [-0.2, 0) is 5.41 Å². The Hall–Kier alpha value is -0.740. The van der Waals surface area contributed by atoms with Gasteiger partial charge in [0.1, 0.15) is 10.4 Å². The van der Waals surface area contributed by atoms with Crippen molar-refractivity contribution in [1.29, 1.82) is 0 Å². The first-order valence-corrected chi connectivity index (χ1v) is 6.73. The molecule has 2 heterocycles. The molecule has 0 saturated carbocycles. The fourth-order valence-corrected chi connectivity index (χ4v) is 2.37. The van der Waals surface area contributed by atoms with Gasteiger partial charge in [-0.1, -0.05) is 26.8 Å². The summed E-state index contributed by atoms with van der Waals surface area (Å²) < 4.78 is 0.843. The lowest BCUT2D eigenvalue weighted by Crippen LogP contribution is -2.16. The average molecular weight is 297 g/mol. The van der Waals surface area contributed by atoms with E-state index < -0.39 is 0 Å². The van der Waals surface area contributed by atoms with Gasteiger partial charge in [0, 0.05) is 5.41 Å². The van der Waals surface area contributed by atoms with Crippen LogP contribution in [0.25, 0.3) is 10.6 Å². The zero-order valence-electron chi connectivity index (χ0n) is 9.49. The number of hydrogen-bond acceptors (Lipinski definition) is 3. The zero-order valence-corrected chi connectivity index (χ0v) is 11.9. The molecule has 16 heavy (non-hydrogen) atoms. The molecule has 2 nitrogen and oxygen atoms in total. The van der Waals surface area contributed by atoms with E-state index >= 15 is 0 Å². The SMILES string of the molecule is CC(C)(C)c1nc(Br)cc(-c2cccs2)n1. The van der Waals surface area contributed by atoms with Crippen molar-refractivity contribution < 1.29 is 0 Å². The topological polar surface area (TPSA) is 25.8 Å². The van der Waals surface area contributed by atoms with Gasteiger partial charge in [-0.15, -0.1) is 11.3 Å². The first-order chi connectivity index (χ1) is 7.47. The lowest BCUT2D eigenvalue weighted by Gasteiger charge is -2.17. The summed E-state index contributed by atoms with van der Waals surface area (Å²) in [7, 11) is 0. The van der Waals surface area contributed by atoms with E-state index in [2.05, 4.69) is 58.1 Å². The smallest absolute Gasteiger partial charge is 0.135 e. The Morgan fingerprint density at radius 2 is 2.00 bits per heavy atom. The van der Waals surface area contributed by atoms with Crippen molar-refractivity contribution in [1.82, 2.24) is 9.97 Å². The van der Waals surface area contributed by atoms with Gasteiger partial charge in [0.25, 0.3) is 0 Å². The second-order valence-electron chi connectivity index (χ2n) is 4.63. The van der Waals surface area contributed by atoms with Gasteiger partial charge in [0.05, 0.1) is 10.6 Å². The lowest BCUT2D eigenvalue weighted by atomic mass is 9.95. The molecule has 0 aromatic carbocycles. The highest BCUT2D eigenvalue weighted by Crippen LogP contribution is 2.28. The molecule has 0 aliphatic heterocycles. The molecule has 0 saturated heterocycles. The van der Waals surface area contributed by atoms with Gasteiger partial charge in [-0.3, -0.25) is 0 Å². The van der Waals surface area contributed by atoms with Crippen LogP contribution in [-0.4, -0.2) is 9.97 Å². The summed E-state index contributed by atoms with van der Waals surface area (Å²) in [6.07, 6.45) is 0. The van der Waals surface area contributed by atoms with E-state index in [1.54, 1.807) is 11.3 Å². The highest BCUT2D eigenvalue weighted by atomic mass is 79.9. The maximum Gasteiger partial charge on any atom is 0.135 e. The summed E-state index contributed by atoms with van der Waals surface area (Å²) in [6, 6.07) is 6.07. The normalized spacial score (nSPS) is 11.8. The maximum atomic E-state index is 4.62. The molecule has 0 bridgehead atoms. The quantitative estimate of drug-likeness (QED) is 0.735. The van der Waals surface area contributed by atoms with E-state index in [0.29, 0.717) is 0 Å². The summed E-state index contributed by atoms with van der Waals surface area (Å²) >= 11 is 5.14. The third-order valence-electron chi connectivity index (χ3n) is 2.14. The minimum Gasteiger partial charge on any atom is -0.231 e. The van der Waals surface area contributed by atoms with E-state index in [0.717, 1.165) is 16.1 Å². The van der Waals surface area contributed by atoms with E-state index in [4.69, 9.17) is 0 Å². The van der Waals surface area contributed by atoms with Crippen molar-refractivity contribution in [3.63, 3.8) is 0 Å². The predicted molar refractivity (Wildman–Crippen MR) is 71.7 cm³/mol. The molecule has 0 atom stereocenters. The van der Waals surface area contributed by atoms with Crippen molar-refractivity contribution in [2.75, 3.05) is 0 Å². The summed E-state index contributed by atoms with van der Waals surface area (Å²) in [5.74, 6) is 0.866. The second-order valence-corrected chi connectivity index (χ2v) is 6.39. The molecule has 2 aromatic rings. The first-order valence-electron chi connectivity index (χ1n) is 5.06. The van der Waals surface area contributed by atoms with E-state index in [-0.39, 0.29) is 5.41 Å². The minimum atomic E-state index is -0.0320. The third kappa shape index (κ3) is 2.50. The van der Waals surface area contributed by atoms with Crippen molar-refractivity contribution in [2.45, 2.75) is 26.2 Å². The number of rotatable bonds is 1. The Morgan fingerprint density at radius 1 is 1.25 bits per heavy atom. The van der Waals surface area contributed by atoms with Crippen molar-refractivity contribution in [3.8, 4) is 10.6 Å². The van der Waals surface area contributed by atoms with Gasteiger partial charge >= 0.3 is 0 Å². The van der Waals surface area contributed by atoms with Gasteiger partial charge in [-0.2, -0.15) is 0 Å². The average Bonchev–Trinajstić information content (AvgIpc) is 2.68. The largest absolute Gasteiger partial charge is 0.231 e.